The summed E-state index contributed by atoms with van der Waals surface area (Å²) in [5.74, 6) is 0.976. The molecule has 3 aromatic carbocycles. The standard InChI is InChI=1S/C29H28N4O5/c1-37-26-17-21(16-25(33(35)36)27(26)38-19-20-10-4-2-5-11-20)18-30-32-28(22-12-6-3-7-13-22)31-24-15-9-8-14-23(24)29(32)34/h2,4-5,8-11,14-18,22H,3,6-7,12-13,19H2,1H3. The summed E-state index contributed by atoms with van der Waals surface area (Å²) < 4.78 is 12.6. The van der Waals surface area contributed by atoms with E-state index < -0.39 is 4.92 Å². The summed E-state index contributed by atoms with van der Waals surface area (Å²) in [4.78, 5) is 29.7. The number of rotatable bonds is 8. The SMILES string of the molecule is COc1cc(C=Nn2c(C3CCCCC3)nc3ccccc3c2=O)cc([N+](=O)[O-])c1OCc1ccccc1. The second-order valence-corrected chi connectivity index (χ2v) is 9.29. The molecule has 5 rings (SSSR count). The molecule has 4 aromatic rings. The average Bonchev–Trinajstić information content (AvgIpc) is 2.96. The Morgan fingerprint density at radius 3 is 2.55 bits per heavy atom. The number of nitro groups is 1. The van der Waals surface area contributed by atoms with Crippen LogP contribution in [0.1, 0.15) is 55.0 Å². The van der Waals surface area contributed by atoms with Gasteiger partial charge in [-0.2, -0.15) is 9.78 Å². The number of benzene rings is 3. The number of methoxy groups -OCH3 is 1. The van der Waals surface area contributed by atoms with Crippen LogP contribution in [0.15, 0.2) is 76.6 Å². The van der Waals surface area contributed by atoms with Gasteiger partial charge in [-0.25, -0.2) is 4.98 Å². The number of hydrogen-bond donors (Lipinski definition) is 0. The molecular weight excluding hydrogens is 484 g/mol. The van der Waals surface area contributed by atoms with Gasteiger partial charge in [-0.05, 0) is 36.6 Å². The second kappa shape index (κ2) is 11.2. The van der Waals surface area contributed by atoms with Crippen LogP contribution in [0.25, 0.3) is 10.9 Å². The fourth-order valence-corrected chi connectivity index (χ4v) is 4.85. The molecule has 1 fully saturated rings. The largest absolute Gasteiger partial charge is 0.493 e. The van der Waals surface area contributed by atoms with Gasteiger partial charge >= 0.3 is 5.69 Å². The summed E-state index contributed by atoms with van der Waals surface area (Å²) in [5.41, 5.74) is 1.39. The van der Waals surface area contributed by atoms with Crippen molar-refractivity contribution in [3.05, 3.63) is 104 Å². The van der Waals surface area contributed by atoms with Gasteiger partial charge < -0.3 is 9.47 Å². The Labute approximate surface area is 219 Å². The zero-order valence-corrected chi connectivity index (χ0v) is 21.1. The predicted octanol–water partition coefficient (Wildman–Crippen LogP) is 5.82. The minimum atomic E-state index is -0.516. The Morgan fingerprint density at radius 2 is 1.82 bits per heavy atom. The van der Waals surface area contributed by atoms with E-state index in [4.69, 9.17) is 14.5 Å². The summed E-state index contributed by atoms with van der Waals surface area (Å²) in [6.07, 6.45) is 6.62. The van der Waals surface area contributed by atoms with E-state index in [0.29, 0.717) is 22.3 Å². The molecule has 0 bridgehead atoms. The summed E-state index contributed by atoms with van der Waals surface area (Å²) in [7, 11) is 1.42. The van der Waals surface area contributed by atoms with Crippen LogP contribution in [0, 0.1) is 10.1 Å². The highest BCUT2D eigenvalue weighted by Gasteiger charge is 2.24. The van der Waals surface area contributed by atoms with Crippen LogP contribution in [0.2, 0.25) is 0 Å². The summed E-state index contributed by atoms with van der Waals surface area (Å²) in [6, 6.07) is 19.6. The molecule has 1 heterocycles. The molecule has 0 atom stereocenters. The number of ether oxygens (including phenoxy) is 2. The summed E-state index contributed by atoms with van der Waals surface area (Å²) in [5, 5.41) is 16.9. The Bertz CT molecular complexity index is 1540. The molecule has 9 heteroatoms. The fraction of sp³-hybridized carbons (Fsp3) is 0.276. The number of nitrogens with zero attached hydrogens (tertiary/aromatic N) is 4. The van der Waals surface area contributed by atoms with Crippen LogP contribution in [0.5, 0.6) is 11.5 Å². The normalized spacial score (nSPS) is 14.1. The summed E-state index contributed by atoms with van der Waals surface area (Å²) >= 11 is 0. The molecule has 1 aliphatic carbocycles. The van der Waals surface area contributed by atoms with Crippen LogP contribution in [-0.4, -0.2) is 27.9 Å². The third kappa shape index (κ3) is 5.27. The van der Waals surface area contributed by atoms with E-state index in [1.165, 1.54) is 30.5 Å². The van der Waals surface area contributed by atoms with Crippen molar-refractivity contribution in [1.29, 1.82) is 0 Å². The first-order valence-electron chi connectivity index (χ1n) is 12.6. The minimum absolute atomic E-state index is 0.0333. The Morgan fingerprint density at radius 1 is 1.08 bits per heavy atom. The number of aromatic nitrogens is 2. The molecule has 0 spiro atoms. The molecule has 0 unspecified atom stereocenters. The van der Waals surface area contributed by atoms with Crippen molar-refractivity contribution in [2.24, 2.45) is 5.10 Å². The van der Waals surface area contributed by atoms with Gasteiger partial charge in [0.1, 0.15) is 12.4 Å². The third-order valence-electron chi connectivity index (χ3n) is 6.77. The zero-order valence-electron chi connectivity index (χ0n) is 21.1. The highest BCUT2D eigenvalue weighted by atomic mass is 16.6. The molecule has 1 aromatic heterocycles. The molecular formula is C29H28N4O5. The maximum atomic E-state index is 13.4. The van der Waals surface area contributed by atoms with Crippen LogP contribution >= 0.6 is 0 Å². The first kappa shape index (κ1) is 25.1. The highest BCUT2D eigenvalue weighted by Crippen LogP contribution is 2.38. The molecule has 1 aliphatic rings. The van der Waals surface area contributed by atoms with Gasteiger partial charge in [0.25, 0.3) is 5.56 Å². The maximum Gasteiger partial charge on any atom is 0.315 e. The van der Waals surface area contributed by atoms with E-state index in [-0.39, 0.29) is 35.3 Å². The molecule has 1 saturated carbocycles. The van der Waals surface area contributed by atoms with E-state index in [1.807, 2.05) is 42.5 Å². The van der Waals surface area contributed by atoms with Gasteiger partial charge in [-0.15, -0.1) is 0 Å². The number of nitro benzene ring substituents is 1. The predicted molar refractivity (Wildman–Crippen MR) is 145 cm³/mol. The monoisotopic (exact) mass is 512 g/mol. The van der Waals surface area contributed by atoms with Crippen LogP contribution in [-0.2, 0) is 6.61 Å². The topological polar surface area (TPSA) is 109 Å². The first-order chi connectivity index (χ1) is 18.5. The number of fused-ring (bicyclic) bond motifs is 1. The zero-order chi connectivity index (χ0) is 26.5. The number of para-hydroxylation sites is 1. The van der Waals surface area contributed by atoms with Crippen molar-refractivity contribution in [1.82, 2.24) is 9.66 Å². The lowest BCUT2D eigenvalue weighted by atomic mass is 9.88. The Kier molecular flexibility index (Phi) is 7.44. The minimum Gasteiger partial charge on any atom is -0.493 e. The van der Waals surface area contributed by atoms with Gasteiger partial charge in [0.15, 0.2) is 5.75 Å². The van der Waals surface area contributed by atoms with Gasteiger partial charge in [-0.3, -0.25) is 14.9 Å². The van der Waals surface area contributed by atoms with Crippen molar-refractivity contribution < 1.29 is 14.4 Å². The lowest BCUT2D eigenvalue weighted by molar-refractivity contribution is -0.386. The van der Waals surface area contributed by atoms with Gasteiger partial charge in [0, 0.05) is 17.5 Å². The smallest absolute Gasteiger partial charge is 0.315 e. The third-order valence-corrected chi connectivity index (χ3v) is 6.77. The second-order valence-electron chi connectivity index (χ2n) is 9.29. The molecule has 0 saturated heterocycles. The van der Waals surface area contributed by atoms with Gasteiger partial charge in [-0.1, -0.05) is 61.7 Å². The van der Waals surface area contributed by atoms with E-state index in [9.17, 15) is 14.9 Å². The van der Waals surface area contributed by atoms with Crippen molar-refractivity contribution >= 4 is 22.8 Å². The van der Waals surface area contributed by atoms with Crippen molar-refractivity contribution in [3.63, 3.8) is 0 Å². The Hall–Kier alpha value is -4.53. The molecule has 38 heavy (non-hydrogen) atoms. The van der Waals surface area contributed by atoms with Crippen LogP contribution in [0.3, 0.4) is 0 Å². The van der Waals surface area contributed by atoms with Crippen LogP contribution < -0.4 is 15.0 Å². The molecule has 0 aliphatic heterocycles. The van der Waals surface area contributed by atoms with Crippen LogP contribution in [0.4, 0.5) is 5.69 Å². The fourth-order valence-electron chi connectivity index (χ4n) is 4.85. The molecule has 0 N–H and O–H groups in total. The van der Waals surface area contributed by atoms with E-state index in [0.717, 1.165) is 31.2 Å². The molecule has 0 amide bonds. The van der Waals surface area contributed by atoms with E-state index >= 15 is 0 Å². The van der Waals surface area contributed by atoms with Gasteiger partial charge in [0.2, 0.25) is 5.75 Å². The van der Waals surface area contributed by atoms with Crippen molar-refractivity contribution in [2.75, 3.05) is 7.11 Å². The van der Waals surface area contributed by atoms with Crippen molar-refractivity contribution in [2.45, 2.75) is 44.6 Å². The quantitative estimate of drug-likeness (QED) is 0.167. The van der Waals surface area contributed by atoms with Gasteiger partial charge in [0.05, 0.1) is 29.2 Å². The van der Waals surface area contributed by atoms with Crippen molar-refractivity contribution in [3.8, 4) is 11.5 Å². The highest BCUT2D eigenvalue weighted by molar-refractivity contribution is 5.83. The lowest BCUT2D eigenvalue weighted by Gasteiger charge is -2.22. The van der Waals surface area contributed by atoms with E-state index in [1.54, 1.807) is 18.2 Å². The molecule has 0 radical (unpaired) electrons. The summed E-state index contributed by atoms with van der Waals surface area (Å²) in [6.45, 7) is 0.147. The number of hydrogen-bond acceptors (Lipinski definition) is 7. The average molecular weight is 513 g/mol. The molecule has 194 valence electrons. The first-order valence-corrected chi connectivity index (χ1v) is 12.6. The maximum absolute atomic E-state index is 13.4. The lowest BCUT2D eigenvalue weighted by Crippen LogP contribution is -2.25. The molecule has 9 nitrogen and oxygen atoms in total. The van der Waals surface area contributed by atoms with E-state index in [2.05, 4.69) is 5.10 Å². The Balaban J connectivity index is 1.54.